The molecule has 0 radical (unpaired) electrons. The fourth-order valence-corrected chi connectivity index (χ4v) is 3.84. The summed E-state index contributed by atoms with van der Waals surface area (Å²) in [7, 11) is 0. The van der Waals surface area contributed by atoms with Crippen LogP contribution in [0.15, 0.2) is 42.5 Å². The summed E-state index contributed by atoms with van der Waals surface area (Å²) in [4.78, 5) is 29.2. The second-order valence-corrected chi connectivity index (χ2v) is 9.25. The van der Waals surface area contributed by atoms with Gasteiger partial charge in [0.05, 0.1) is 0 Å². The number of carbonyl (C=O) groups is 2. The average molecular weight is 493 g/mol. The topological polar surface area (TPSA) is 111 Å². The van der Waals surface area contributed by atoms with Crippen LogP contribution in [0.3, 0.4) is 0 Å². The molecule has 0 bridgehead atoms. The van der Waals surface area contributed by atoms with Crippen LogP contribution in [0.25, 0.3) is 11.4 Å². The van der Waals surface area contributed by atoms with Crippen molar-refractivity contribution in [3.63, 3.8) is 0 Å². The summed E-state index contributed by atoms with van der Waals surface area (Å²) in [6.07, 6.45) is 0.848. The number of hydrogen-bond donors (Lipinski definition) is 1. The van der Waals surface area contributed by atoms with Crippen molar-refractivity contribution in [3.05, 3.63) is 48.0 Å². The third kappa shape index (κ3) is 5.99. The van der Waals surface area contributed by atoms with E-state index in [1.807, 2.05) is 31.2 Å². The van der Waals surface area contributed by atoms with Gasteiger partial charge >= 0.3 is 0 Å². The van der Waals surface area contributed by atoms with E-state index in [1.54, 1.807) is 25.1 Å². The number of fused-ring (bicyclic) bond motifs is 1. The Morgan fingerprint density at radius 3 is 2.50 bits per heavy atom. The fraction of sp³-hybridized carbons (Fsp3) is 0.423. The SMILES string of the molecule is Cc1ccc(-c2nnn(CC(=O)N(c3ccc4c(c3)OCCO4)C(C)C(=O)NCCC(C)C)n2)cc1. The van der Waals surface area contributed by atoms with Crippen LogP contribution >= 0.6 is 0 Å². The van der Waals surface area contributed by atoms with Gasteiger partial charge in [-0.3, -0.25) is 14.5 Å². The summed E-state index contributed by atoms with van der Waals surface area (Å²) in [6.45, 7) is 9.12. The molecule has 1 unspecified atom stereocenters. The van der Waals surface area contributed by atoms with Gasteiger partial charge in [0, 0.05) is 23.9 Å². The van der Waals surface area contributed by atoms with E-state index < -0.39 is 6.04 Å². The van der Waals surface area contributed by atoms with Gasteiger partial charge in [-0.1, -0.05) is 43.7 Å². The van der Waals surface area contributed by atoms with Gasteiger partial charge in [0.25, 0.3) is 5.91 Å². The van der Waals surface area contributed by atoms with Gasteiger partial charge in [0.15, 0.2) is 11.5 Å². The van der Waals surface area contributed by atoms with Crippen molar-refractivity contribution in [1.29, 1.82) is 0 Å². The van der Waals surface area contributed by atoms with E-state index in [0.717, 1.165) is 17.5 Å². The highest BCUT2D eigenvalue weighted by Crippen LogP contribution is 2.34. The van der Waals surface area contributed by atoms with Crippen molar-refractivity contribution in [2.24, 2.45) is 5.92 Å². The van der Waals surface area contributed by atoms with Crippen molar-refractivity contribution in [2.75, 3.05) is 24.7 Å². The molecule has 1 atom stereocenters. The van der Waals surface area contributed by atoms with Crippen LogP contribution in [0, 0.1) is 12.8 Å². The lowest BCUT2D eigenvalue weighted by molar-refractivity contribution is -0.126. The minimum Gasteiger partial charge on any atom is -0.486 e. The first kappa shape index (κ1) is 25.2. The van der Waals surface area contributed by atoms with Crippen LogP contribution in [-0.2, 0) is 16.1 Å². The van der Waals surface area contributed by atoms with Gasteiger partial charge in [0.1, 0.15) is 25.8 Å². The highest BCUT2D eigenvalue weighted by molar-refractivity contribution is 6.00. The summed E-state index contributed by atoms with van der Waals surface area (Å²) in [5, 5.41) is 15.5. The highest BCUT2D eigenvalue weighted by atomic mass is 16.6. The predicted molar refractivity (Wildman–Crippen MR) is 135 cm³/mol. The lowest BCUT2D eigenvalue weighted by Crippen LogP contribution is -2.49. The van der Waals surface area contributed by atoms with Gasteiger partial charge in [-0.25, -0.2) is 0 Å². The Morgan fingerprint density at radius 2 is 1.78 bits per heavy atom. The Hall–Kier alpha value is -3.95. The fourth-order valence-electron chi connectivity index (χ4n) is 3.84. The molecule has 2 amide bonds. The second kappa shape index (κ2) is 11.2. The first-order chi connectivity index (χ1) is 17.3. The summed E-state index contributed by atoms with van der Waals surface area (Å²) >= 11 is 0. The number of rotatable bonds is 9. The number of carbonyl (C=O) groups excluding carboxylic acids is 2. The lowest BCUT2D eigenvalue weighted by atomic mass is 10.1. The third-order valence-corrected chi connectivity index (χ3v) is 5.90. The molecule has 1 N–H and O–H groups in total. The summed E-state index contributed by atoms with van der Waals surface area (Å²) in [5.41, 5.74) is 2.45. The molecule has 2 heterocycles. The normalized spacial score (nSPS) is 13.4. The number of aryl methyl sites for hydroxylation is 1. The molecule has 1 aliphatic rings. The van der Waals surface area contributed by atoms with Crippen molar-refractivity contribution in [3.8, 4) is 22.9 Å². The van der Waals surface area contributed by atoms with E-state index in [0.29, 0.717) is 48.7 Å². The zero-order valence-corrected chi connectivity index (χ0v) is 21.1. The Balaban J connectivity index is 1.56. The molecule has 10 heteroatoms. The molecule has 1 aliphatic heterocycles. The van der Waals surface area contributed by atoms with Crippen molar-refractivity contribution in [1.82, 2.24) is 25.5 Å². The van der Waals surface area contributed by atoms with E-state index in [9.17, 15) is 9.59 Å². The first-order valence-electron chi connectivity index (χ1n) is 12.2. The molecule has 2 aromatic carbocycles. The minimum atomic E-state index is -0.771. The standard InChI is InChI=1S/C26H32N6O4/c1-17(2)11-12-27-26(34)19(4)32(21-9-10-22-23(15-21)36-14-13-35-22)24(33)16-31-29-25(28-30-31)20-7-5-18(3)6-8-20/h5-10,15,17,19H,11-14,16H2,1-4H3,(H,27,34). The lowest BCUT2D eigenvalue weighted by Gasteiger charge is -2.29. The highest BCUT2D eigenvalue weighted by Gasteiger charge is 2.29. The largest absolute Gasteiger partial charge is 0.486 e. The smallest absolute Gasteiger partial charge is 0.251 e. The molecular formula is C26H32N6O4. The maximum absolute atomic E-state index is 13.5. The van der Waals surface area contributed by atoms with Crippen molar-refractivity contribution >= 4 is 17.5 Å². The van der Waals surface area contributed by atoms with Crippen LogP contribution < -0.4 is 19.7 Å². The molecule has 190 valence electrons. The number of tetrazole rings is 1. The Labute approximate surface area is 210 Å². The van der Waals surface area contributed by atoms with Gasteiger partial charge in [-0.2, -0.15) is 4.80 Å². The zero-order chi connectivity index (χ0) is 25.7. The number of anilines is 1. The molecule has 0 fully saturated rings. The van der Waals surface area contributed by atoms with E-state index >= 15 is 0 Å². The Bertz CT molecular complexity index is 1210. The maximum atomic E-state index is 13.5. The number of hydrogen-bond acceptors (Lipinski definition) is 7. The van der Waals surface area contributed by atoms with Crippen LogP contribution in [0.4, 0.5) is 5.69 Å². The number of ether oxygens (including phenoxy) is 2. The zero-order valence-electron chi connectivity index (χ0n) is 21.1. The summed E-state index contributed by atoms with van der Waals surface area (Å²) in [5.74, 6) is 1.42. The van der Waals surface area contributed by atoms with Gasteiger partial charge < -0.3 is 14.8 Å². The van der Waals surface area contributed by atoms with E-state index in [4.69, 9.17) is 9.47 Å². The molecule has 0 spiro atoms. The molecule has 1 aromatic heterocycles. The number of amides is 2. The first-order valence-corrected chi connectivity index (χ1v) is 12.2. The third-order valence-electron chi connectivity index (χ3n) is 5.90. The van der Waals surface area contributed by atoms with Gasteiger partial charge in [-0.05, 0) is 43.5 Å². The number of aromatic nitrogens is 4. The van der Waals surface area contributed by atoms with Gasteiger partial charge in [-0.15, -0.1) is 10.2 Å². The van der Waals surface area contributed by atoms with E-state index in [-0.39, 0.29) is 18.4 Å². The molecule has 10 nitrogen and oxygen atoms in total. The van der Waals surface area contributed by atoms with Crippen LogP contribution in [0.2, 0.25) is 0 Å². The van der Waals surface area contributed by atoms with E-state index in [2.05, 4.69) is 34.6 Å². The monoisotopic (exact) mass is 492 g/mol. The molecule has 4 rings (SSSR count). The molecule has 36 heavy (non-hydrogen) atoms. The molecule has 0 saturated carbocycles. The minimum absolute atomic E-state index is 0.184. The Kier molecular flexibility index (Phi) is 7.82. The maximum Gasteiger partial charge on any atom is 0.251 e. The quantitative estimate of drug-likeness (QED) is 0.489. The van der Waals surface area contributed by atoms with Crippen LogP contribution in [0.1, 0.15) is 32.8 Å². The number of nitrogens with one attached hydrogen (secondary N) is 1. The molecule has 3 aromatic rings. The molecular weight excluding hydrogens is 460 g/mol. The molecule has 0 aliphatic carbocycles. The summed E-state index contributed by atoms with van der Waals surface area (Å²) < 4.78 is 11.3. The Morgan fingerprint density at radius 1 is 1.06 bits per heavy atom. The van der Waals surface area contributed by atoms with Crippen molar-refractivity contribution < 1.29 is 19.1 Å². The van der Waals surface area contributed by atoms with Crippen LogP contribution in [-0.4, -0.2) is 57.8 Å². The van der Waals surface area contributed by atoms with E-state index in [1.165, 1.54) is 9.70 Å². The van der Waals surface area contributed by atoms with Gasteiger partial charge in [0.2, 0.25) is 11.7 Å². The summed E-state index contributed by atoms with van der Waals surface area (Å²) in [6, 6.07) is 12.2. The number of nitrogens with zero attached hydrogens (tertiary/aromatic N) is 5. The second-order valence-electron chi connectivity index (χ2n) is 9.25. The average Bonchev–Trinajstić information content (AvgIpc) is 3.32. The number of benzene rings is 2. The predicted octanol–water partition coefficient (Wildman–Crippen LogP) is 3.00. The molecule has 0 saturated heterocycles. The van der Waals surface area contributed by atoms with Crippen molar-refractivity contribution in [2.45, 2.75) is 46.7 Å². The van der Waals surface area contributed by atoms with Crippen LogP contribution in [0.5, 0.6) is 11.5 Å².